The second-order valence-corrected chi connectivity index (χ2v) is 7.80. The van der Waals surface area contributed by atoms with Crippen LogP contribution in [-0.4, -0.2) is 23.5 Å². The number of hydrogen-bond acceptors (Lipinski definition) is 11. The summed E-state index contributed by atoms with van der Waals surface area (Å²) in [5.41, 5.74) is 14.7. The standard InChI is InChI=1S/C25H22N8O3/c1-3-35-18-10-14(7-8-17(18)36-24(34)15-6-4-5-13(2)9-15)21-19-20(28)16(11-26)22(29)32-23(19)33-25(31-21)30-12-27/h4-10,21H,3H2,1-2H3,(H6,28,29,30,31,32,33). The Kier molecular flexibility index (Phi) is 6.57. The van der Waals surface area contributed by atoms with Crippen molar-refractivity contribution in [1.82, 2.24) is 10.3 Å². The van der Waals surface area contributed by atoms with E-state index in [2.05, 4.69) is 20.6 Å². The average Bonchev–Trinajstić information content (AvgIpc) is 2.85. The van der Waals surface area contributed by atoms with E-state index in [4.69, 9.17) is 26.2 Å². The normalized spacial score (nSPS) is 13.8. The van der Waals surface area contributed by atoms with Gasteiger partial charge in [-0.2, -0.15) is 10.5 Å². The summed E-state index contributed by atoms with van der Waals surface area (Å²) in [7, 11) is 0. The number of pyridine rings is 1. The van der Waals surface area contributed by atoms with Crippen molar-refractivity contribution in [3.05, 3.63) is 70.3 Å². The molecule has 11 nitrogen and oxygen atoms in total. The highest BCUT2D eigenvalue weighted by Gasteiger charge is 2.30. The molecule has 1 unspecified atom stereocenters. The Morgan fingerprint density at radius 2 is 2.00 bits per heavy atom. The van der Waals surface area contributed by atoms with Crippen molar-refractivity contribution in [3.63, 3.8) is 0 Å². The zero-order valence-electron chi connectivity index (χ0n) is 19.5. The lowest BCUT2D eigenvalue weighted by molar-refractivity contribution is 0.0728. The monoisotopic (exact) mass is 482 g/mol. The molecule has 3 aromatic rings. The number of nitrogens with two attached hydrogens (primary N) is 2. The van der Waals surface area contributed by atoms with Gasteiger partial charge in [-0.15, -0.1) is 0 Å². The van der Waals surface area contributed by atoms with E-state index in [1.54, 1.807) is 49.5 Å². The van der Waals surface area contributed by atoms with Crippen LogP contribution in [0, 0.1) is 29.7 Å². The number of rotatable bonds is 5. The Balaban J connectivity index is 1.78. The summed E-state index contributed by atoms with van der Waals surface area (Å²) >= 11 is 0. The van der Waals surface area contributed by atoms with Crippen molar-refractivity contribution in [3.8, 4) is 23.8 Å². The number of ether oxygens (including phenoxy) is 2. The van der Waals surface area contributed by atoms with E-state index in [-0.39, 0.29) is 34.6 Å². The largest absolute Gasteiger partial charge is 0.490 e. The second-order valence-electron chi connectivity index (χ2n) is 7.80. The molecule has 0 amide bonds. The minimum absolute atomic E-state index is 0.0289. The molecule has 2 aromatic carbocycles. The van der Waals surface area contributed by atoms with Gasteiger partial charge in [0.2, 0.25) is 5.96 Å². The maximum absolute atomic E-state index is 12.7. The molecular weight excluding hydrogens is 460 g/mol. The molecular formula is C25H22N8O3. The minimum Gasteiger partial charge on any atom is -0.490 e. The lowest BCUT2D eigenvalue weighted by atomic mass is 9.95. The first-order chi connectivity index (χ1) is 17.4. The fraction of sp³-hybridized carbons (Fsp3) is 0.160. The van der Waals surface area contributed by atoms with E-state index >= 15 is 0 Å². The average molecular weight is 483 g/mol. The SMILES string of the molecule is CCOc1cc(C2N=C(NC#N)Nc3nc(N)c(C#N)c(N)c32)ccc1OC(=O)c1cccc(C)c1. The van der Waals surface area contributed by atoms with Gasteiger partial charge >= 0.3 is 5.97 Å². The molecule has 0 radical (unpaired) electrons. The quantitative estimate of drug-likeness (QED) is 0.182. The van der Waals surface area contributed by atoms with Gasteiger partial charge in [-0.05, 0) is 43.7 Å². The molecule has 0 spiro atoms. The van der Waals surface area contributed by atoms with Crippen LogP contribution >= 0.6 is 0 Å². The first-order valence-electron chi connectivity index (χ1n) is 10.9. The van der Waals surface area contributed by atoms with Crippen molar-refractivity contribution in [2.24, 2.45) is 4.99 Å². The predicted octanol–water partition coefficient (Wildman–Crippen LogP) is 2.99. The number of fused-ring (bicyclic) bond motifs is 1. The maximum Gasteiger partial charge on any atom is 0.343 e. The van der Waals surface area contributed by atoms with E-state index < -0.39 is 12.0 Å². The molecule has 0 aliphatic carbocycles. The van der Waals surface area contributed by atoms with Gasteiger partial charge < -0.3 is 26.3 Å². The molecule has 0 saturated carbocycles. The third-order valence-corrected chi connectivity index (χ3v) is 5.40. The first kappa shape index (κ1) is 23.9. The molecule has 1 aliphatic rings. The van der Waals surface area contributed by atoms with E-state index in [1.165, 1.54) is 0 Å². The summed E-state index contributed by atoms with van der Waals surface area (Å²) in [5.74, 6) is 0.339. The van der Waals surface area contributed by atoms with Crippen LogP contribution in [0.15, 0.2) is 47.5 Å². The van der Waals surface area contributed by atoms with Gasteiger partial charge in [-0.25, -0.2) is 14.8 Å². The number of carbonyl (C=O) groups excluding carboxylic acids is 1. The number of benzene rings is 2. The zero-order chi connectivity index (χ0) is 25.8. The molecule has 1 atom stereocenters. The first-order valence-corrected chi connectivity index (χ1v) is 10.9. The number of nitriles is 2. The Bertz CT molecular complexity index is 1470. The van der Waals surface area contributed by atoms with Crippen LogP contribution in [0.5, 0.6) is 11.5 Å². The highest BCUT2D eigenvalue weighted by atomic mass is 16.6. The van der Waals surface area contributed by atoms with Crippen LogP contribution in [0.25, 0.3) is 0 Å². The van der Waals surface area contributed by atoms with Crippen molar-refractivity contribution in [1.29, 1.82) is 10.5 Å². The van der Waals surface area contributed by atoms with Crippen LogP contribution in [-0.2, 0) is 0 Å². The van der Waals surface area contributed by atoms with Crippen LogP contribution in [0.2, 0.25) is 0 Å². The van der Waals surface area contributed by atoms with Gasteiger partial charge in [0.05, 0.1) is 17.9 Å². The number of nitrogens with one attached hydrogen (secondary N) is 2. The lowest BCUT2D eigenvalue weighted by Crippen LogP contribution is -2.32. The van der Waals surface area contributed by atoms with Crippen LogP contribution < -0.4 is 31.6 Å². The summed E-state index contributed by atoms with van der Waals surface area (Å²) < 4.78 is 11.4. The summed E-state index contributed by atoms with van der Waals surface area (Å²) in [5, 5.41) is 23.9. The van der Waals surface area contributed by atoms with E-state index in [0.29, 0.717) is 29.0 Å². The Hall–Kier alpha value is -5.29. The van der Waals surface area contributed by atoms with Crippen molar-refractivity contribution in [2.45, 2.75) is 19.9 Å². The molecule has 11 heteroatoms. The topological polar surface area (TPSA) is 184 Å². The highest BCUT2D eigenvalue weighted by Crippen LogP contribution is 2.42. The zero-order valence-corrected chi connectivity index (χ0v) is 19.5. The van der Waals surface area contributed by atoms with Gasteiger partial charge in [-0.3, -0.25) is 5.32 Å². The number of carbonyl (C=O) groups is 1. The fourth-order valence-electron chi connectivity index (χ4n) is 3.80. The molecule has 2 heterocycles. The van der Waals surface area contributed by atoms with Crippen LogP contribution in [0.4, 0.5) is 17.3 Å². The van der Waals surface area contributed by atoms with Crippen molar-refractivity contribution < 1.29 is 14.3 Å². The molecule has 1 aromatic heterocycles. The molecule has 4 rings (SSSR count). The van der Waals surface area contributed by atoms with E-state index in [1.807, 2.05) is 19.1 Å². The number of aromatic nitrogens is 1. The smallest absolute Gasteiger partial charge is 0.343 e. The highest BCUT2D eigenvalue weighted by molar-refractivity contribution is 5.98. The summed E-state index contributed by atoms with van der Waals surface area (Å²) in [6.45, 7) is 4.00. The van der Waals surface area contributed by atoms with Gasteiger partial charge in [0.15, 0.2) is 17.7 Å². The predicted molar refractivity (Wildman–Crippen MR) is 133 cm³/mol. The number of aryl methyl sites for hydroxylation is 1. The lowest BCUT2D eigenvalue weighted by Gasteiger charge is -2.26. The Morgan fingerprint density at radius 1 is 1.19 bits per heavy atom. The number of guanidine groups is 1. The molecule has 0 bridgehead atoms. The van der Waals surface area contributed by atoms with Crippen LogP contribution in [0.1, 0.15) is 45.6 Å². The van der Waals surface area contributed by atoms with E-state index in [9.17, 15) is 10.1 Å². The third kappa shape index (κ3) is 4.54. The number of nitrogens with zero attached hydrogens (tertiary/aromatic N) is 4. The van der Waals surface area contributed by atoms with Gasteiger partial charge in [-0.1, -0.05) is 23.8 Å². The van der Waals surface area contributed by atoms with E-state index in [0.717, 1.165) is 5.56 Å². The minimum atomic E-state index is -0.766. The Labute approximate surface area is 207 Å². The van der Waals surface area contributed by atoms with Gasteiger partial charge in [0, 0.05) is 5.56 Å². The molecule has 0 fully saturated rings. The molecule has 36 heavy (non-hydrogen) atoms. The maximum atomic E-state index is 12.7. The summed E-state index contributed by atoms with van der Waals surface area (Å²) in [6.07, 6.45) is 1.81. The molecule has 1 aliphatic heterocycles. The fourth-order valence-corrected chi connectivity index (χ4v) is 3.80. The number of aliphatic imine (C=N–C) groups is 1. The van der Waals surface area contributed by atoms with Gasteiger partial charge in [0.1, 0.15) is 29.3 Å². The molecule has 6 N–H and O–H groups in total. The van der Waals surface area contributed by atoms with Crippen molar-refractivity contribution >= 4 is 29.3 Å². The number of nitrogen functional groups attached to an aromatic ring is 2. The summed E-state index contributed by atoms with van der Waals surface area (Å²) in [6, 6.07) is 13.2. The molecule has 180 valence electrons. The van der Waals surface area contributed by atoms with Crippen molar-refractivity contribution in [2.75, 3.05) is 23.4 Å². The number of anilines is 3. The van der Waals surface area contributed by atoms with Crippen LogP contribution in [0.3, 0.4) is 0 Å². The van der Waals surface area contributed by atoms with Gasteiger partial charge in [0.25, 0.3) is 0 Å². The second kappa shape index (κ2) is 9.91. The Morgan fingerprint density at radius 3 is 2.69 bits per heavy atom. The summed E-state index contributed by atoms with van der Waals surface area (Å²) in [4.78, 5) is 21.5. The molecule has 0 saturated heterocycles. The number of hydrogen-bond donors (Lipinski definition) is 4. The third-order valence-electron chi connectivity index (χ3n) is 5.40. The number of esters is 1.